The Morgan fingerprint density at radius 2 is 1.73 bits per heavy atom. The summed E-state index contributed by atoms with van der Waals surface area (Å²) in [6.45, 7) is 1.25. The van der Waals surface area contributed by atoms with Gasteiger partial charge in [-0.15, -0.1) is 12.4 Å². The average molecular weight is 398 g/mol. The van der Waals surface area contributed by atoms with E-state index in [-0.39, 0.29) is 29.8 Å². The Balaban J connectivity index is 0.00000243. The van der Waals surface area contributed by atoms with Crippen molar-refractivity contribution in [2.45, 2.75) is 30.2 Å². The minimum absolute atomic E-state index is 0. The molecule has 1 aliphatic rings. The summed E-state index contributed by atoms with van der Waals surface area (Å²) in [5.41, 5.74) is 5.68. The van der Waals surface area contributed by atoms with Gasteiger partial charge in [0.15, 0.2) is 0 Å². The molecule has 0 saturated carbocycles. The van der Waals surface area contributed by atoms with Gasteiger partial charge < -0.3 is 10.6 Å². The summed E-state index contributed by atoms with van der Waals surface area (Å²) in [4.78, 5) is 14.4. The molecule has 0 spiro atoms. The molecule has 8 heteroatoms. The van der Waals surface area contributed by atoms with Crippen LogP contribution in [0.2, 0.25) is 0 Å². The highest BCUT2D eigenvalue weighted by atomic mass is 35.5. The monoisotopic (exact) mass is 397 g/mol. The van der Waals surface area contributed by atoms with Gasteiger partial charge in [-0.1, -0.05) is 30.3 Å². The summed E-state index contributed by atoms with van der Waals surface area (Å²) >= 11 is 0. The summed E-state index contributed by atoms with van der Waals surface area (Å²) < 4.78 is 27.9. The number of sulfonamides is 1. The average Bonchev–Trinajstić information content (AvgIpc) is 2.66. The number of rotatable bonds is 5. The number of nitrogens with zero attached hydrogens (tertiary/aromatic N) is 1. The van der Waals surface area contributed by atoms with Gasteiger partial charge in [0.25, 0.3) is 0 Å². The molecule has 1 atom stereocenters. The number of benzene rings is 2. The highest BCUT2D eigenvalue weighted by Crippen LogP contribution is 2.19. The SMILES string of the molecule is Cl.NCC(NS(=O)(=O)c1ccc2ccccc2c1)C(=O)N1CCCCC1. The second-order valence-corrected chi connectivity index (χ2v) is 8.02. The maximum Gasteiger partial charge on any atom is 0.242 e. The van der Waals surface area contributed by atoms with Crippen molar-refractivity contribution in [2.24, 2.45) is 5.73 Å². The Labute approximate surface area is 160 Å². The van der Waals surface area contributed by atoms with E-state index in [9.17, 15) is 13.2 Å². The summed E-state index contributed by atoms with van der Waals surface area (Å²) in [6, 6.07) is 11.5. The number of halogens is 1. The topological polar surface area (TPSA) is 92.5 Å². The maximum absolute atomic E-state index is 12.7. The third-order valence-electron chi connectivity index (χ3n) is 4.53. The zero-order valence-electron chi connectivity index (χ0n) is 14.4. The second kappa shape index (κ2) is 8.81. The molecule has 0 aliphatic carbocycles. The van der Waals surface area contributed by atoms with E-state index in [1.165, 1.54) is 0 Å². The first-order valence-electron chi connectivity index (χ1n) is 8.51. The van der Waals surface area contributed by atoms with Gasteiger partial charge in [0.2, 0.25) is 15.9 Å². The lowest BCUT2D eigenvalue weighted by atomic mass is 10.1. The molecule has 1 aliphatic heterocycles. The Morgan fingerprint density at radius 1 is 1.08 bits per heavy atom. The molecule has 0 aromatic heterocycles. The van der Waals surface area contributed by atoms with Crippen LogP contribution < -0.4 is 10.5 Å². The fraction of sp³-hybridized carbons (Fsp3) is 0.389. The van der Waals surface area contributed by atoms with E-state index in [0.717, 1.165) is 30.0 Å². The van der Waals surface area contributed by atoms with Gasteiger partial charge in [0.1, 0.15) is 6.04 Å². The molecule has 1 amide bonds. The van der Waals surface area contributed by atoms with E-state index in [1.807, 2.05) is 24.3 Å². The van der Waals surface area contributed by atoms with Crippen LogP contribution in [0.15, 0.2) is 47.4 Å². The van der Waals surface area contributed by atoms with Gasteiger partial charge in [-0.2, -0.15) is 4.72 Å². The molecule has 2 aromatic carbocycles. The highest BCUT2D eigenvalue weighted by molar-refractivity contribution is 7.89. The Bertz CT molecular complexity index is 867. The highest BCUT2D eigenvalue weighted by Gasteiger charge is 2.29. The summed E-state index contributed by atoms with van der Waals surface area (Å²) in [6.07, 6.45) is 2.99. The molecule has 1 unspecified atom stereocenters. The van der Waals surface area contributed by atoms with Crippen molar-refractivity contribution in [1.82, 2.24) is 9.62 Å². The van der Waals surface area contributed by atoms with Crippen molar-refractivity contribution < 1.29 is 13.2 Å². The van der Waals surface area contributed by atoms with Gasteiger partial charge in [-0.3, -0.25) is 4.79 Å². The Morgan fingerprint density at radius 3 is 2.38 bits per heavy atom. The number of nitrogens with one attached hydrogen (secondary N) is 1. The minimum atomic E-state index is -3.82. The molecular formula is C18H24ClN3O3S. The largest absolute Gasteiger partial charge is 0.341 e. The van der Waals surface area contributed by atoms with E-state index in [1.54, 1.807) is 23.1 Å². The van der Waals surface area contributed by atoms with Crippen LogP contribution in [0.4, 0.5) is 0 Å². The molecule has 142 valence electrons. The van der Waals surface area contributed by atoms with E-state index in [0.29, 0.717) is 13.1 Å². The molecular weight excluding hydrogens is 374 g/mol. The number of piperidine rings is 1. The van der Waals surface area contributed by atoms with Gasteiger partial charge in [0.05, 0.1) is 4.90 Å². The number of hydrogen-bond acceptors (Lipinski definition) is 4. The van der Waals surface area contributed by atoms with Crippen LogP contribution in [0.3, 0.4) is 0 Å². The lowest BCUT2D eigenvalue weighted by Gasteiger charge is -2.30. The van der Waals surface area contributed by atoms with Crippen molar-refractivity contribution in [3.8, 4) is 0 Å². The molecule has 1 fully saturated rings. The quantitative estimate of drug-likeness (QED) is 0.805. The van der Waals surface area contributed by atoms with Gasteiger partial charge in [-0.25, -0.2) is 8.42 Å². The van der Waals surface area contributed by atoms with Crippen molar-refractivity contribution in [3.05, 3.63) is 42.5 Å². The van der Waals surface area contributed by atoms with Crippen LogP contribution >= 0.6 is 12.4 Å². The fourth-order valence-corrected chi connectivity index (χ4v) is 4.36. The molecule has 26 heavy (non-hydrogen) atoms. The number of nitrogens with two attached hydrogens (primary N) is 1. The first-order valence-corrected chi connectivity index (χ1v) is 9.99. The van der Waals surface area contributed by atoms with E-state index >= 15 is 0 Å². The van der Waals surface area contributed by atoms with Crippen molar-refractivity contribution >= 4 is 39.1 Å². The summed E-state index contributed by atoms with van der Waals surface area (Å²) in [5, 5.41) is 1.79. The molecule has 0 radical (unpaired) electrons. The van der Waals surface area contributed by atoms with Gasteiger partial charge in [-0.05, 0) is 42.2 Å². The smallest absolute Gasteiger partial charge is 0.242 e. The maximum atomic E-state index is 12.7. The number of carbonyl (C=O) groups excluding carboxylic acids is 1. The Hall–Kier alpha value is -1.67. The third-order valence-corrected chi connectivity index (χ3v) is 6.00. The molecule has 1 heterocycles. The number of fused-ring (bicyclic) bond motifs is 1. The fourth-order valence-electron chi connectivity index (χ4n) is 3.12. The zero-order valence-corrected chi connectivity index (χ0v) is 16.1. The van der Waals surface area contributed by atoms with Crippen molar-refractivity contribution in [3.63, 3.8) is 0 Å². The molecule has 6 nitrogen and oxygen atoms in total. The van der Waals surface area contributed by atoms with Gasteiger partial charge in [0, 0.05) is 19.6 Å². The lowest BCUT2D eigenvalue weighted by Crippen LogP contribution is -2.53. The molecule has 1 saturated heterocycles. The second-order valence-electron chi connectivity index (χ2n) is 6.30. The predicted molar refractivity (Wildman–Crippen MR) is 105 cm³/mol. The van der Waals surface area contributed by atoms with Crippen LogP contribution in [-0.4, -0.2) is 44.9 Å². The van der Waals surface area contributed by atoms with E-state index < -0.39 is 16.1 Å². The van der Waals surface area contributed by atoms with E-state index in [4.69, 9.17) is 5.73 Å². The lowest BCUT2D eigenvalue weighted by molar-refractivity contribution is -0.133. The Kier molecular flexibility index (Phi) is 7.00. The molecule has 3 N–H and O–H groups in total. The van der Waals surface area contributed by atoms with Gasteiger partial charge >= 0.3 is 0 Å². The molecule has 2 aromatic rings. The van der Waals surface area contributed by atoms with E-state index in [2.05, 4.69) is 4.72 Å². The summed E-state index contributed by atoms with van der Waals surface area (Å²) in [7, 11) is -3.82. The first kappa shape index (κ1) is 20.6. The van der Waals surface area contributed by atoms with Crippen LogP contribution in [0.5, 0.6) is 0 Å². The van der Waals surface area contributed by atoms with Crippen molar-refractivity contribution in [1.29, 1.82) is 0 Å². The zero-order chi connectivity index (χ0) is 17.9. The minimum Gasteiger partial charge on any atom is -0.341 e. The first-order chi connectivity index (χ1) is 12.0. The van der Waals surface area contributed by atoms with Crippen LogP contribution in [0.1, 0.15) is 19.3 Å². The standard InChI is InChI=1S/C18H23N3O3S.ClH/c19-13-17(18(22)21-10-4-1-5-11-21)20-25(23,24)16-9-8-14-6-2-3-7-15(14)12-16;/h2-3,6-9,12,17,20H,1,4-5,10-11,13,19H2;1H. The normalized spacial score (nSPS) is 16.1. The third kappa shape index (κ3) is 4.54. The predicted octanol–water partition coefficient (Wildman–Crippen LogP) is 1.88. The van der Waals surface area contributed by atoms with Crippen molar-refractivity contribution in [2.75, 3.05) is 19.6 Å². The number of likely N-dealkylation sites (tertiary alicyclic amines) is 1. The van der Waals surface area contributed by atoms with Crippen LogP contribution in [0.25, 0.3) is 10.8 Å². The molecule has 3 rings (SSSR count). The number of hydrogen-bond donors (Lipinski definition) is 2. The number of carbonyl (C=O) groups is 1. The van der Waals surface area contributed by atoms with Crippen LogP contribution in [0, 0.1) is 0 Å². The number of amides is 1. The van der Waals surface area contributed by atoms with Crippen LogP contribution in [-0.2, 0) is 14.8 Å². The molecule has 0 bridgehead atoms. The summed E-state index contributed by atoms with van der Waals surface area (Å²) in [5.74, 6) is -0.244.